The van der Waals surface area contributed by atoms with Crippen molar-refractivity contribution in [3.8, 4) is 0 Å². The first-order valence-corrected chi connectivity index (χ1v) is 10.2. The Hall–Kier alpha value is -2.26. The molecule has 3 heterocycles. The largest absolute Gasteiger partial charge is 0.447 e. The molecule has 2 aromatic rings. The van der Waals surface area contributed by atoms with Crippen LogP contribution in [0.25, 0.3) is 0 Å². The van der Waals surface area contributed by atoms with Gasteiger partial charge in [-0.3, -0.25) is 4.79 Å². The molecule has 0 spiro atoms. The molecule has 0 saturated carbocycles. The van der Waals surface area contributed by atoms with Gasteiger partial charge in [-0.1, -0.05) is 30.3 Å². The number of piperidine rings is 1. The highest BCUT2D eigenvalue weighted by atomic mass is 16.5. The van der Waals surface area contributed by atoms with Crippen LogP contribution in [0.4, 0.5) is 0 Å². The Balaban J connectivity index is 1.58. The van der Waals surface area contributed by atoms with E-state index in [1.807, 2.05) is 35.2 Å². The third-order valence-corrected chi connectivity index (χ3v) is 5.69. The van der Waals surface area contributed by atoms with Gasteiger partial charge < -0.3 is 29.8 Å². The number of carbonyl (C=O) groups is 1. The van der Waals surface area contributed by atoms with E-state index in [1.165, 1.54) is 6.26 Å². The molecule has 2 atom stereocenters. The predicted octanol–water partition coefficient (Wildman–Crippen LogP) is 1.17. The van der Waals surface area contributed by atoms with Crippen LogP contribution < -0.4 is 5.73 Å². The summed E-state index contributed by atoms with van der Waals surface area (Å²) >= 11 is 0. The molecule has 2 aliphatic rings. The van der Waals surface area contributed by atoms with Gasteiger partial charge in [0.05, 0.1) is 31.4 Å². The van der Waals surface area contributed by atoms with E-state index in [0.29, 0.717) is 25.6 Å². The molecule has 156 valence electrons. The molecule has 29 heavy (non-hydrogen) atoms. The maximum Gasteiger partial charge on any atom is 0.276 e. The monoisotopic (exact) mass is 400 g/mol. The second-order valence-corrected chi connectivity index (χ2v) is 7.63. The Bertz CT molecular complexity index is 804. The Kier molecular flexibility index (Phi) is 6.25. The molecule has 8 heteroatoms. The van der Waals surface area contributed by atoms with Crippen molar-refractivity contribution in [1.82, 2.24) is 14.8 Å². The van der Waals surface area contributed by atoms with Gasteiger partial charge in [-0.2, -0.15) is 0 Å². The minimum absolute atomic E-state index is 0.155. The topological polar surface area (TPSA) is 105 Å². The molecule has 1 aromatic heterocycles. The number of hydrogen-bond donors (Lipinski definition) is 2. The summed E-state index contributed by atoms with van der Waals surface area (Å²) in [5, 5.41) is 9.79. The van der Waals surface area contributed by atoms with Crippen LogP contribution in [-0.4, -0.2) is 70.8 Å². The quantitative estimate of drug-likeness (QED) is 0.776. The lowest BCUT2D eigenvalue weighted by Gasteiger charge is -2.43. The fourth-order valence-corrected chi connectivity index (χ4v) is 4.16. The summed E-state index contributed by atoms with van der Waals surface area (Å²) in [5.41, 5.74) is 6.88. The van der Waals surface area contributed by atoms with E-state index in [1.54, 1.807) is 0 Å². The van der Waals surface area contributed by atoms with Gasteiger partial charge in [0.25, 0.3) is 5.91 Å². The molecular formula is C21H28N4O4. The minimum Gasteiger partial charge on any atom is -0.447 e. The number of aliphatic hydroxyl groups is 1. The van der Waals surface area contributed by atoms with Crippen LogP contribution in [0.1, 0.15) is 40.8 Å². The summed E-state index contributed by atoms with van der Waals surface area (Å²) in [6.07, 6.45) is 2.54. The van der Waals surface area contributed by atoms with Gasteiger partial charge in [-0.05, 0) is 18.4 Å². The number of rotatable bonds is 5. The van der Waals surface area contributed by atoms with Crippen molar-refractivity contribution >= 4 is 5.91 Å². The molecule has 0 bridgehead atoms. The maximum absolute atomic E-state index is 13.3. The molecule has 0 unspecified atom stereocenters. The molecule has 1 amide bonds. The lowest BCUT2D eigenvalue weighted by atomic mass is 9.96. The van der Waals surface area contributed by atoms with E-state index in [-0.39, 0.29) is 36.4 Å². The standard InChI is InChI=1S/C21H28N4O4/c22-12-19-23-17(14-29-19)21(27)25-10-11-28-18(13-24-8-6-16(26)7-9-24)20(25)15-4-2-1-3-5-15/h1-5,14,16,18,20,26H,6-13,22H2/t18-,20-/m0/s1. The summed E-state index contributed by atoms with van der Waals surface area (Å²) < 4.78 is 11.4. The van der Waals surface area contributed by atoms with Crippen molar-refractivity contribution in [2.75, 3.05) is 32.8 Å². The van der Waals surface area contributed by atoms with Gasteiger partial charge in [-0.15, -0.1) is 0 Å². The second-order valence-electron chi connectivity index (χ2n) is 7.63. The molecule has 3 N–H and O–H groups in total. The van der Waals surface area contributed by atoms with Crippen LogP contribution in [-0.2, 0) is 11.3 Å². The fraction of sp³-hybridized carbons (Fsp3) is 0.524. The summed E-state index contributed by atoms with van der Waals surface area (Å²) in [6, 6.07) is 9.75. The van der Waals surface area contributed by atoms with Crippen molar-refractivity contribution in [2.24, 2.45) is 5.73 Å². The normalized spacial score (nSPS) is 24.0. The van der Waals surface area contributed by atoms with Crippen molar-refractivity contribution in [1.29, 1.82) is 0 Å². The summed E-state index contributed by atoms with van der Waals surface area (Å²) in [7, 11) is 0. The molecule has 2 saturated heterocycles. The van der Waals surface area contributed by atoms with Crippen molar-refractivity contribution < 1.29 is 19.1 Å². The number of hydrogen-bond acceptors (Lipinski definition) is 7. The number of likely N-dealkylation sites (tertiary alicyclic amines) is 1. The highest BCUT2D eigenvalue weighted by molar-refractivity contribution is 5.92. The Morgan fingerprint density at radius 2 is 1.97 bits per heavy atom. The van der Waals surface area contributed by atoms with E-state index in [0.717, 1.165) is 31.5 Å². The van der Waals surface area contributed by atoms with Crippen molar-refractivity contribution in [3.05, 3.63) is 53.7 Å². The zero-order valence-corrected chi connectivity index (χ0v) is 16.4. The minimum atomic E-state index is -0.220. The first-order valence-electron chi connectivity index (χ1n) is 10.2. The van der Waals surface area contributed by atoms with Gasteiger partial charge in [0.2, 0.25) is 5.89 Å². The molecule has 1 aromatic carbocycles. The predicted molar refractivity (Wildman–Crippen MR) is 106 cm³/mol. The number of aliphatic hydroxyl groups excluding tert-OH is 1. The molecule has 2 fully saturated rings. The zero-order valence-electron chi connectivity index (χ0n) is 16.4. The average molecular weight is 400 g/mol. The van der Waals surface area contributed by atoms with E-state index in [4.69, 9.17) is 14.9 Å². The molecular weight excluding hydrogens is 372 g/mol. The molecule has 0 aliphatic carbocycles. The van der Waals surface area contributed by atoms with Crippen LogP contribution >= 0.6 is 0 Å². The number of ether oxygens (including phenoxy) is 1. The van der Waals surface area contributed by atoms with Gasteiger partial charge >= 0.3 is 0 Å². The van der Waals surface area contributed by atoms with E-state index < -0.39 is 0 Å². The second kappa shape index (κ2) is 9.04. The summed E-state index contributed by atoms with van der Waals surface area (Å²) in [5.74, 6) is 0.172. The van der Waals surface area contributed by atoms with Crippen LogP contribution in [0.15, 0.2) is 41.0 Å². The highest BCUT2D eigenvalue weighted by Crippen LogP contribution is 2.32. The molecule has 0 radical (unpaired) electrons. The van der Waals surface area contributed by atoms with Crippen LogP contribution in [0.2, 0.25) is 0 Å². The smallest absolute Gasteiger partial charge is 0.276 e. The summed E-state index contributed by atoms with van der Waals surface area (Å²) in [4.78, 5) is 21.6. The lowest BCUT2D eigenvalue weighted by molar-refractivity contribution is -0.0771. The number of nitrogens with two attached hydrogens (primary N) is 1. The Labute approximate surface area is 170 Å². The van der Waals surface area contributed by atoms with Crippen LogP contribution in [0, 0.1) is 0 Å². The SMILES string of the molecule is NCc1nc(C(=O)N2CCO[C@@H](CN3CCC(O)CC3)[C@@H]2c2ccccc2)co1. The molecule has 4 rings (SSSR count). The average Bonchev–Trinajstić information content (AvgIpc) is 3.25. The maximum atomic E-state index is 13.3. The number of oxazole rings is 1. The number of carbonyl (C=O) groups excluding carboxylic acids is 1. The fourth-order valence-electron chi connectivity index (χ4n) is 4.16. The lowest BCUT2D eigenvalue weighted by Crippen LogP contribution is -2.52. The zero-order chi connectivity index (χ0) is 20.2. The highest BCUT2D eigenvalue weighted by Gasteiger charge is 2.38. The number of amides is 1. The van der Waals surface area contributed by atoms with Gasteiger partial charge in [0.15, 0.2) is 5.69 Å². The molecule has 8 nitrogen and oxygen atoms in total. The third kappa shape index (κ3) is 4.51. The van der Waals surface area contributed by atoms with Gasteiger partial charge in [0.1, 0.15) is 6.26 Å². The number of morpholine rings is 1. The van der Waals surface area contributed by atoms with Crippen molar-refractivity contribution in [2.45, 2.75) is 37.6 Å². The van der Waals surface area contributed by atoms with Gasteiger partial charge in [-0.25, -0.2) is 4.98 Å². The van der Waals surface area contributed by atoms with E-state index >= 15 is 0 Å². The van der Waals surface area contributed by atoms with Crippen LogP contribution in [0.5, 0.6) is 0 Å². The first-order chi connectivity index (χ1) is 14.2. The van der Waals surface area contributed by atoms with E-state index in [2.05, 4.69) is 9.88 Å². The number of aromatic nitrogens is 1. The number of benzene rings is 1. The first kappa shape index (κ1) is 20.0. The third-order valence-electron chi connectivity index (χ3n) is 5.69. The van der Waals surface area contributed by atoms with Crippen LogP contribution in [0.3, 0.4) is 0 Å². The number of nitrogens with zero attached hydrogens (tertiary/aromatic N) is 3. The Morgan fingerprint density at radius 1 is 1.21 bits per heavy atom. The van der Waals surface area contributed by atoms with Crippen molar-refractivity contribution in [3.63, 3.8) is 0 Å². The summed E-state index contributed by atoms with van der Waals surface area (Å²) in [6.45, 7) is 3.49. The van der Waals surface area contributed by atoms with E-state index in [9.17, 15) is 9.90 Å². The Morgan fingerprint density at radius 3 is 2.66 bits per heavy atom. The van der Waals surface area contributed by atoms with Gasteiger partial charge in [0, 0.05) is 26.2 Å². The molecule has 2 aliphatic heterocycles.